The second-order valence-corrected chi connectivity index (χ2v) is 6.89. The molecular weight excluding hydrogens is 300 g/mol. The number of likely N-dealkylation sites (tertiary alicyclic amines) is 1. The maximum absolute atomic E-state index is 13.0. The summed E-state index contributed by atoms with van der Waals surface area (Å²) in [6, 6.07) is 7.67. The molecule has 0 bridgehead atoms. The van der Waals surface area contributed by atoms with Gasteiger partial charge in [-0.25, -0.2) is 0 Å². The smallest absolute Gasteiger partial charge is 0.254 e. The minimum atomic E-state index is -0.0800. The summed E-state index contributed by atoms with van der Waals surface area (Å²) < 4.78 is 0. The van der Waals surface area contributed by atoms with E-state index in [2.05, 4.69) is 25.7 Å². The van der Waals surface area contributed by atoms with E-state index in [0.717, 1.165) is 43.7 Å². The van der Waals surface area contributed by atoms with Gasteiger partial charge in [-0.1, -0.05) is 44.9 Å². The number of amides is 1. The first-order chi connectivity index (χ1) is 11.5. The molecule has 0 radical (unpaired) electrons. The van der Waals surface area contributed by atoms with Gasteiger partial charge in [0, 0.05) is 18.7 Å². The van der Waals surface area contributed by atoms with Gasteiger partial charge in [-0.2, -0.15) is 0 Å². The highest BCUT2D eigenvalue weighted by atomic mass is 16.3. The average Bonchev–Trinajstić information content (AvgIpc) is 2.96. The van der Waals surface area contributed by atoms with E-state index in [4.69, 9.17) is 0 Å². The SMILES string of the molecule is CC[C@@H]1CN(C(=O)c2cccc(C)c2)[C@H](CO)[C@@H]1CN(CC)CC. The number of nitrogens with zero attached hydrogens (tertiary/aromatic N) is 2. The Kier molecular flexibility index (Phi) is 6.81. The highest BCUT2D eigenvalue weighted by molar-refractivity contribution is 5.94. The molecule has 1 aromatic carbocycles. The molecule has 4 nitrogen and oxygen atoms in total. The predicted octanol–water partition coefficient (Wildman–Crippen LogP) is 2.80. The van der Waals surface area contributed by atoms with Gasteiger partial charge in [0.15, 0.2) is 0 Å². The molecule has 1 heterocycles. The molecule has 4 heteroatoms. The Morgan fingerprint density at radius 1 is 1.29 bits per heavy atom. The molecule has 3 atom stereocenters. The highest BCUT2D eigenvalue weighted by Crippen LogP contribution is 2.34. The van der Waals surface area contributed by atoms with Gasteiger partial charge in [0.2, 0.25) is 0 Å². The second kappa shape index (κ2) is 8.63. The van der Waals surface area contributed by atoms with Crippen molar-refractivity contribution in [2.24, 2.45) is 11.8 Å². The van der Waals surface area contributed by atoms with Crippen LogP contribution in [0, 0.1) is 18.8 Å². The van der Waals surface area contributed by atoms with Crippen molar-refractivity contribution < 1.29 is 9.90 Å². The number of hydrogen-bond acceptors (Lipinski definition) is 3. The minimum absolute atomic E-state index is 0.0417. The molecule has 0 aromatic heterocycles. The number of aliphatic hydroxyl groups is 1. The minimum Gasteiger partial charge on any atom is -0.394 e. The fourth-order valence-corrected chi connectivity index (χ4v) is 3.96. The first-order valence-electron chi connectivity index (χ1n) is 9.26. The van der Waals surface area contributed by atoms with Crippen LogP contribution < -0.4 is 0 Å². The molecule has 1 amide bonds. The highest BCUT2D eigenvalue weighted by Gasteiger charge is 2.43. The fraction of sp³-hybridized carbons (Fsp3) is 0.650. The van der Waals surface area contributed by atoms with Crippen molar-refractivity contribution >= 4 is 5.91 Å². The molecule has 1 fully saturated rings. The Morgan fingerprint density at radius 3 is 2.54 bits per heavy atom. The lowest BCUT2D eigenvalue weighted by atomic mass is 9.88. The van der Waals surface area contributed by atoms with Crippen molar-refractivity contribution in [1.82, 2.24) is 9.80 Å². The maximum Gasteiger partial charge on any atom is 0.254 e. The molecule has 24 heavy (non-hydrogen) atoms. The Labute approximate surface area is 146 Å². The molecule has 1 aromatic rings. The third-order valence-corrected chi connectivity index (χ3v) is 5.53. The number of benzene rings is 1. The number of hydrogen-bond donors (Lipinski definition) is 1. The first kappa shape index (κ1) is 18.9. The monoisotopic (exact) mass is 332 g/mol. The van der Waals surface area contributed by atoms with Crippen LogP contribution in [0.4, 0.5) is 0 Å². The molecule has 1 aliphatic heterocycles. The largest absolute Gasteiger partial charge is 0.394 e. The lowest BCUT2D eigenvalue weighted by molar-refractivity contribution is 0.0619. The molecular formula is C20H32N2O2. The second-order valence-electron chi connectivity index (χ2n) is 6.89. The first-order valence-corrected chi connectivity index (χ1v) is 9.26. The van der Waals surface area contributed by atoms with Gasteiger partial charge in [-0.15, -0.1) is 0 Å². The van der Waals surface area contributed by atoms with Crippen molar-refractivity contribution in [3.05, 3.63) is 35.4 Å². The van der Waals surface area contributed by atoms with Crippen LogP contribution in [0.15, 0.2) is 24.3 Å². The quantitative estimate of drug-likeness (QED) is 0.835. The van der Waals surface area contributed by atoms with E-state index in [1.807, 2.05) is 36.1 Å². The van der Waals surface area contributed by atoms with E-state index in [1.54, 1.807) is 0 Å². The van der Waals surface area contributed by atoms with Crippen molar-refractivity contribution in [2.75, 3.05) is 32.8 Å². The van der Waals surface area contributed by atoms with E-state index in [9.17, 15) is 9.90 Å². The molecule has 134 valence electrons. The number of rotatable bonds is 7. The van der Waals surface area contributed by atoms with E-state index in [-0.39, 0.29) is 18.6 Å². The molecule has 1 N–H and O–H groups in total. The Morgan fingerprint density at radius 2 is 2.00 bits per heavy atom. The van der Waals surface area contributed by atoms with Crippen LogP contribution in [0.3, 0.4) is 0 Å². The molecule has 1 saturated heterocycles. The van der Waals surface area contributed by atoms with Gasteiger partial charge in [0.05, 0.1) is 12.6 Å². The van der Waals surface area contributed by atoms with Crippen molar-refractivity contribution in [2.45, 2.75) is 40.2 Å². The van der Waals surface area contributed by atoms with Crippen LogP contribution in [-0.4, -0.2) is 59.6 Å². The van der Waals surface area contributed by atoms with Crippen LogP contribution in [0.5, 0.6) is 0 Å². The third-order valence-electron chi connectivity index (χ3n) is 5.53. The van der Waals surface area contributed by atoms with Gasteiger partial charge in [0.1, 0.15) is 0 Å². The lowest BCUT2D eigenvalue weighted by Crippen LogP contribution is -2.43. The zero-order valence-electron chi connectivity index (χ0n) is 15.5. The summed E-state index contributed by atoms with van der Waals surface area (Å²) in [4.78, 5) is 17.3. The zero-order chi connectivity index (χ0) is 17.7. The number of carbonyl (C=O) groups excluding carboxylic acids is 1. The normalized spacial score (nSPS) is 23.9. The number of aliphatic hydroxyl groups excluding tert-OH is 1. The van der Waals surface area contributed by atoms with Gasteiger partial charge in [0.25, 0.3) is 5.91 Å². The zero-order valence-corrected chi connectivity index (χ0v) is 15.5. The fourth-order valence-electron chi connectivity index (χ4n) is 3.96. The van der Waals surface area contributed by atoms with Crippen LogP contribution in [0.2, 0.25) is 0 Å². The van der Waals surface area contributed by atoms with Gasteiger partial charge in [-0.3, -0.25) is 4.79 Å². The van der Waals surface area contributed by atoms with Crippen LogP contribution in [-0.2, 0) is 0 Å². The van der Waals surface area contributed by atoms with Crippen LogP contribution >= 0.6 is 0 Å². The van der Waals surface area contributed by atoms with E-state index in [0.29, 0.717) is 11.8 Å². The molecule has 1 aliphatic rings. The summed E-state index contributed by atoms with van der Waals surface area (Å²) in [5.41, 5.74) is 1.82. The molecule has 0 unspecified atom stereocenters. The molecule has 0 spiro atoms. The Hall–Kier alpha value is -1.39. The number of aryl methyl sites for hydroxylation is 1. The topological polar surface area (TPSA) is 43.8 Å². The van der Waals surface area contributed by atoms with E-state index < -0.39 is 0 Å². The average molecular weight is 332 g/mol. The predicted molar refractivity (Wildman–Crippen MR) is 98.1 cm³/mol. The van der Waals surface area contributed by atoms with E-state index in [1.165, 1.54) is 0 Å². The summed E-state index contributed by atoms with van der Waals surface area (Å²) in [5.74, 6) is 0.850. The summed E-state index contributed by atoms with van der Waals surface area (Å²) in [6.07, 6.45) is 1.04. The van der Waals surface area contributed by atoms with Gasteiger partial charge < -0.3 is 14.9 Å². The molecule has 0 aliphatic carbocycles. The van der Waals surface area contributed by atoms with Crippen LogP contribution in [0.1, 0.15) is 43.1 Å². The number of carbonyl (C=O) groups is 1. The maximum atomic E-state index is 13.0. The van der Waals surface area contributed by atoms with Gasteiger partial charge in [-0.05, 0) is 44.0 Å². The summed E-state index contributed by atoms with van der Waals surface area (Å²) in [7, 11) is 0. The molecule has 0 saturated carbocycles. The standard InChI is InChI=1S/C20H32N2O2/c1-5-16-12-22(20(24)17-10-8-9-15(4)11-17)19(14-23)18(16)13-21(6-2)7-3/h8-11,16,18-19,23H,5-7,12-14H2,1-4H3/t16-,18-,19-/m1/s1. The van der Waals surface area contributed by atoms with Gasteiger partial charge >= 0.3 is 0 Å². The van der Waals surface area contributed by atoms with Crippen molar-refractivity contribution in [3.63, 3.8) is 0 Å². The molecule has 2 rings (SSSR count). The van der Waals surface area contributed by atoms with E-state index >= 15 is 0 Å². The van der Waals surface area contributed by atoms with Crippen molar-refractivity contribution in [1.29, 1.82) is 0 Å². The lowest BCUT2D eigenvalue weighted by Gasteiger charge is -2.31. The summed E-state index contributed by atoms with van der Waals surface area (Å²) in [6.45, 7) is 12.3. The Balaban J connectivity index is 2.22. The summed E-state index contributed by atoms with van der Waals surface area (Å²) in [5, 5.41) is 10.0. The van der Waals surface area contributed by atoms with Crippen LogP contribution in [0.25, 0.3) is 0 Å². The summed E-state index contributed by atoms with van der Waals surface area (Å²) >= 11 is 0. The van der Waals surface area contributed by atoms with Crippen molar-refractivity contribution in [3.8, 4) is 0 Å². The third kappa shape index (κ3) is 3.98. The Bertz CT molecular complexity index is 542.